The molecule has 3 heterocycles. The van der Waals surface area contributed by atoms with Crippen LogP contribution in [0.3, 0.4) is 0 Å². The summed E-state index contributed by atoms with van der Waals surface area (Å²) in [5.74, 6) is 0.387. The number of aromatic nitrogens is 3. The van der Waals surface area contributed by atoms with Crippen LogP contribution in [-0.2, 0) is 0 Å². The van der Waals surface area contributed by atoms with Gasteiger partial charge in [-0.05, 0) is 64.7 Å². The van der Waals surface area contributed by atoms with E-state index in [-0.39, 0.29) is 5.56 Å². The molecule has 0 N–H and O–H groups in total. The number of hydrogen-bond acceptors (Lipinski definition) is 4. The van der Waals surface area contributed by atoms with Crippen LogP contribution in [-0.4, -0.2) is 14.4 Å². The van der Waals surface area contributed by atoms with E-state index in [1.54, 1.807) is 4.40 Å². The van der Waals surface area contributed by atoms with E-state index in [0.29, 0.717) is 16.7 Å². The second-order valence-electron chi connectivity index (χ2n) is 11.0. The zero-order valence-electron chi connectivity index (χ0n) is 23.4. The molecule has 0 radical (unpaired) electrons. The van der Waals surface area contributed by atoms with Crippen LogP contribution < -0.4 is 5.56 Å². The van der Waals surface area contributed by atoms with E-state index in [2.05, 4.69) is 78.9 Å². The highest BCUT2D eigenvalue weighted by atomic mass is 32.1. The summed E-state index contributed by atoms with van der Waals surface area (Å²) in [6.07, 6.45) is 0. The molecule has 206 valence electrons. The maximum absolute atomic E-state index is 14.1. The molecule has 0 unspecified atom stereocenters. The third kappa shape index (κ3) is 3.87. The van der Waals surface area contributed by atoms with Crippen molar-refractivity contribution in [3.63, 3.8) is 0 Å². The second kappa shape index (κ2) is 9.69. The molecule has 9 aromatic rings. The van der Waals surface area contributed by atoms with Crippen molar-refractivity contribution < 1.29 is 0 Å². The molecular weight excluding hydrogens is 559 g/mol. The average molecular weight is 582 g/mol. The van der Waals surface area contributed by atoms with Crippen molar-refractivity contribution in [2.75, 3.05) is 0 Å². The van der Waals surface area contributed by atoms with Gasteiger partial charge in [-0.15, -0.1) is 11.3 Å². The number of nitrogens with zero attached hydrogens (tertiary/aromatic N) is 3. The quantitative estimate of drug-likeness (QED) is 0.154. The molecule has 3 aromatic heterocycles. The lowest BCUT2D eigenvalue weighted by molar-refractivity contribution is 1.07. The van der Waals surface area contributed by atoms with Gasteiger partial charge in [0, 0.05) is 31.1 Å². The number of rotatable bonds is 3. The van der Waals surface area contributed by atoms with Gasteiger partial charge in [-0.1, -0.05) is 97.1 Å². The Morgan fingerprint density at radius 1 is 0.477 bits per heavy atom. The highest BCUT2D eigenvalue weighted by Crippen LogP contribution is 2.38. The van der Waals surface area contributed by atoms with Gasteiger partial charge in [0.05, 0.1) is 22.1 Å². The van der Waals surface area contributed by atoms with Crippen LogP contribution in [0.25, 0.3) is 81.3 Å². The van der Waals surface area contributed by atoms with Crippen LogP contribution >= 0.6 is 11.3 Å². The lowest BCUT2D eigenvalue weighted by Gasteiger charge is -2.13. The topological polar surface area (TPSA) is 47.3 Å². The Kier molecular flexibility index (Phi) is 5.49. The Labute approximate surface area is 256 Å². The Morgan fingerprint density at radius 3 is 1.93 bits per heavy atom. The van der Waals surface area contributed by atoms with Crippen LogP contribution in [0.2, 0.25) is 0 Å². The first-order valence-electron chi connectivity index (χ1n) is 14.5. The van der Waals surface area contributed by atoms with Gasteiger partial charge in [-0.2, -0.15) is 0 Å². The number of hydrogen-bond donors (Lipinski definition) is 0. The van der Waals surface area contributed by atoms with E-state index in [1.807, 2.05) is 72.0 Å². The molecule has 0 aliphatic heterocycles. The normalized spacial score (nSPS) is 11.7. The van der Waals surface area contributed by atoms with Crippen LogP contribution in [0.15, 0.2) is 144 Å². The monoisotopic (exact) mass is 581 g/mol. The summed E-state index contributed by atoms with van der Waals surface area (Å²) in [7, 11) is 0. The summed E-state index contributed by atoms with van der Waals surface area (Å²) in [4.78, 5) is 24.1. The Bertz CT molecular complexity index is 2620. The molecule has 0 saturated heterocycles. The molecule has 0 bridgehead atoms. The lowest BCUT2D eigenvalue weighted by Crippen LogP contribution is -2.17. The third-order valence-electron chi connectivity index (χ3n) is 8.42. The summed E-state index contributed by atoms with van der Waals surface area (Å²) in [6, 6.07) is 47.6. The van der Waals surface area contributed by atoms with Gasteiger partial charge in [-0.25, -0.2) is 14.4 Å². The van der Waals surface area contributed by atoms with E-state index < -0.39 is 0 Å². The molecular formula is C39H23N3OS. The van der Waals surface area contributed by atoms with Crippen molar-refractivity contribution in [2.45, 2.75) is 0 Å². The van der Waals surface area contributed by atoms with Gasteiger partial charge in [0.2, 0.25) is 5.78 Å². The van der Waals surface area contributed by atoms with Crippen LogP contribution in [0, 0.1) is 0 Å². The zero-order valence-corrected chi connectivity index (χ0v) is 24.3. The van der Waals surface area contributed by atoms with E-state index in [9.17, 15) is 4.79 Å². The van der Waals surface area contributed by atoms with Crippen molar-refractivity contribution in [1.29, 1.82) is 0 Å². The van der Waals surface area contributed by atoms with Gasteiger partial charge in [0.25, 0.3) is 5.56 Å². The number of fused-ring (bicyclic) bond motifs is 7. The molecule has 0 saturated carbocycles. The minimum absolute atomic E-state index is 0.124. The van der Waals surface area contributed by atoms with Crippen molar-refractivity contribution in [1.82, 2.24) is 14.4 Å². The summed E-state index contributed by atoms with van der Waals surface area (Å²) in [5, 5.41) is 4.00. The van der Waals surface area contributed by atoms with Crippen LogP contribution in [0.4, 0.5) is 0 Å². The molecule has 0 atom stereocenters. The number of thiophene rings is 1. The third-order valence-corrected chi connectivity index (χ3v) is 9.57. The summed E-state index contributed by atoms with van der Waals surface area (Å²) in [6.45, 7) is 0. The standard InChI is InChI=1S/C39H23N3OS/c43-38-30-18-15-28(24-9-3-1-4-10-24)23-33(30)40-39-41-37(25-11-5-2-6-12-25)32-22-26(16-19-34(32)42(38)39)27-17-20-36-31(21-27)29-13-7-8-14-35(29)44-36/h1-23H. The number of benzene rings is 6. The molecule has 4 nitrogen and oxygen atoms in total. The first kappa shape index (κ1) is 24.9. The van der Waals surface area contributed by atoms with Crippen LogP contribution in [0.1, 0.15) is 0 Å². The molecule has 0 aliphatic carbocycles. The summed E-state index contributed by atoms with van der Waals surface area (Å²) < 4.78 is 4.22. The average Bonchev–Trinajstić information content (AvgIpc) is 3.46. The predicted molar refractivity (Wildman–Crippen MR) is 183 cm³/mol. The highest BCUT2D eigenvalue weighted by molar-refractivity contribution is 7.25. The Balaban J connectivity index is 1.31. The molecule has 0 amide bonds. The SMILES string of the molecule is O=c1c2ccc(-c3ccccc3)cc2nc2nc(-c3ccccc3)c3cc(-c4ccc5sc6ccccc6c5c4)ccc3n12. The molecule has 44 heavy (non-hydrogen) atoms. The molecule has 9 rings (SSSR count). The fourth-order valence-electron chi connectivity index (χ4n) is 6.26. The van der Waals surface area contributed by atoms with Gasteiger partial charge in [-0.3, -0.25) is 4.79 Å². The smallest absolute Gasteiger partial charge is 0.267 e. The van der Waals surface area contributed by atoms with E-state index in [0.717, 1.165) is 44.4 Å². The second-order valence-corrected chi connectivity index (χ2v) is 12.1. The molecule has 0 spiro atoms. The van der Waals surface area contributed by atoms with Crippen molar-refractivity contribution in [3.8, 4) is 33.5 Å². The maximum atomic E-state index is 14.1. The van der Waals surface area contributed by atoms with Gasteiger partial charge >= 0.3 is 0 Å². The van der Waals surface area contributed by atoms with E-state index >= 15 is 0 Å². The largest absolute Gasteiger partial charge is 0.268 e. The minimum atomic E-state index is -0.124. The first-order chi connectivity index (χ1) is 21.7. The van der Waals surface area contributed by atoms with Crippen molar-refractivity contribution in [2.24, 2.45) is 0 Å². The van der Waals surface area contributed by atoms with Gasteiger partial charge in [0.15, 0.2) is 0 Å². The molecule has 0 aliphatic rings. The molecule has 5 heteroatoms. The maximum Gasteiger partial charge on any atom is 0.267 e. The Morgan fingerprint density at radius 2 is 1.11 bits per heavy atom. The first-order valence-corrected chi connectivity index (χ1v) is 15.4. The predicted octanol–water partition coefficient (Wildman–Crippen LogP) is 9.76. The fraction of sp³-hybridized carbons (Fsp3) is 0. The van der Waals surface area contributed by atoms with Crippen LogP contribution in [0.5, 0.6) is 0 Å². The highest BCUT2D eigenvalue weighted by Gasteiger charge is 2.17. The zero-order chi connectivity index (χ0) is 29.2. The van der Waals surface area contributed by atoms with Crippen molar-refractivity contribution in [3.05, 3.63) is 150 Å². The minimum Gasteiger partial charge on any atom is -0.268 e. The fourth-order valence-corrected chi connectivity index (χ4v) is 7.34. The molecule has 0 fully saturated rings. The molecule has 6 aromatic carbocycles. The lowest BCUT2D eigenvalue weighted by atomic mass is 9.99. The van der Waals surface area contributed by atoms with Gasteiger partial charge < -0.3 is 0 Å². The Hall–Kier alpha value is -5.65. The van der Waals surface area contributed by atoms with E-state index in [1.165, 1.54) is 20.2 Å². The van der Waals surface area contributed by atoms with Crippen molar-refractivity contribution >= 4 is 59.1 Å². The van der Waals surface area contributed by atoms with E-state index in [4.69, 9.17) is 9.97 Å². The summed E-state index contributed by atoms with van der Waals surface area (Å²) in [5.41, 5.74) is 7.36. The van der Waals surface area contributed by atoms with Gasteiger partial charge in [0.1, 0.15) is 0 Å². The summed E-state index contributed by atoms with van der Waals surface area (Å²) >= 11 is 1.82.